The van der Waals surface area contributed by atoms with Crippen molar-refractivity contribution in [1.82, 2.24) is 0 Å². The molecule has 0 fully saturated rings. The maximum absolute atomic E-state index is 10.7. The molecule has 1 N–H and O–H groups in total. The molecule has 0 aliphatic heterocycles. The summed E-state index contributed by atoms with van der Waals surface area (Å²) in [4.78, 5) is 1.89. The summed E-state index contributed by atoms with van der Waals surface area (Å²) in [6.07, 6.45) is 0. The van der Waals surface area contributed by atoms with Crippen LogP contribution in [0.15, 0.2) is 29.2 Å². The maximum atomic E-state index is 10.7. The molecule has 14 heavy (non-hydrogen) atoms. The Labute approximate surface area is 83.9 Å². The van der Waals surface area contributed by atoms with Crippen LogP contribution >= 0.6 is 0 Å². The van der Waals surface area contributed by atoms with E-state index < -0.39 is 10.1 Å². The minimum atomic E-state index is -4.07. The predicted molar refractivity (Wildman–Crippen MR) is 55.2 cm³/mol. The van der Waals surface area contributed by atoms with Crippen LogP contribution in [-0.2, 0) is 10.1 Å². The molecule has 1 aromatic rings. The van der Waals surface area contributed by atoms with E-state index in [0.717, 1.165) is 12.2 Å². The van der Waals surface area contributed by atoms with Crippen molar-refractivity contribution in [3.8, 4) is 0 Å². The molecule has 5 heteroatoms. The fraction of sp³-hybridized carbons (Fsp3) is 0.333. The third-order valence-electron chi connectivity index (χ3n) is 2.05. The van der Waals surface area contributed by atoms with E-state index in [1.54, 1.807) is 12.1 Å². The van der Waals surface area contributed by atoms with E-state index in [2.05, 4.69) is 0 Å². The van der Waals surface area contributed by atoms with Gasteiger partial charge in [0.1, 0.15) is 0 Å². The van der Waals surface area contributed by atoms with Crippen molar-refractivity contribution in [1.29, 1.82) is 0 Å². The molecule has 78 valence electrons. The van der Waals surface area contributed by atoms with E-state index in [-0.39, 0.29) is 4.90 Å². The number of benzene rings is 1. The van der Waals surface area contributed by atoms with Crippen LogP contribution in [0.5, 0.6) is 0 Å². The smallest absolute Gasteiger partial charge is 0.294 e. The van der Waals surface area contributed by atoms with Crippen LogP contribution in [0.1, 0.15) is 6.92 Å². The van der Waals surface area contributed by atoms with Gasteiger partial charge in [0.15, 0.2) is 0 Å². The van der Waals surface area contributed by atoms with Crippen molar-refractivity contribution in [2.45, 2.75) is 11.8 Å². The summed E-state index contributed by atoms with van der Waals surface area (Å²) in [5.41, 5.74) is 0.917. The Hall–Kier alpha value is -1.07. The van der Waals surface area contributed by atoms with Gasteiger partial charge in [-0.2, -0.15) is 8.42 Å². The van der Waals surface area contributed by atoms with Crippen LogP contribution in [0.4, 0.5) is 5.69 Å². The third-order valence-corrected chi connectivity index (χ3v) is 2.92. The van der Waals surface area contributed by atoms with E-state index in [9.17, 15) is 8.42 Å². The van der Waals surface area contributed by atoms with E-state index in [1.807, 2.05) is 18.9 Å². The lowest BCUT2D eigenvalue weighted by Gasteiger charge is -2.16. The van der Waals surface area contributed by atoms with Crippen LogP contribution < -0.4 is 4.90 Å². The standard InChI is InChI=1S/C9H13NO3S/c1-3-10(2)8-4-6-9(7-5-8)14(11,12)13/h4-7H,3H2,1-2H3,(H,11,12,13). The number of anilines is 1. The Bertz CT molecular complexity index is 397. The number of hydrogen-bond acceptors (Lipinski definition) is 3. The molecule has 0 amide bonds. The van der Waals surface area contributed by atoms with Gasteiger partial charge in [-0.3, -0.25) is 4.55 Å². The molecule has 1 aromatic carbocycles. The molecule has 0 saturated heterocycles. The average Bonchev–Trinajstić information content (AvgIpc) is 2.15. The number of nitrogens with zero attached hydrogens (tertiary/aromatic N) is 1. The zero-order valence-electron chi connectivity index (χ0n) is 8.14. The van der Waals surface area contributed by atoms with E-state index in [1.165, 1.54) is 12.1 Å². The first-order valence-corrected chi connectivity index (χ1v) is 5.68. The summed E-state index contributed by atoms with van der Waals surface area (Å²) in [7, 11) is -2.17. The first kappa shape index (κ1) is 11.0. The molecular weight excluding hydrogens is 202 g/mol. The molecule has 0 aromatic heterocycles. The minimum Gasteiger partial charge on any atom is -0.375 e. The van der Waals surface area contributed by atoms with E-state index in [4.69, 9.17) is 4.55 Å². The van der Waals surface area contributed by atoms with Crippen LogP contribution in [-0.4, -0.2) is 26.6 Å². The Balaban J connectivity index is 3.01. The van der Waals surface area contributed by atoms with Crippen molar-refractivity contribution in [3.63, 3.8) is 0 Å². The van der Waals surface area contributed by atoms with Gasteiger partial charge in [-0.1, -0.05) is 0 Å². The van der Waals surface area contributed by atoms with E-state index in [0.29, 0.717) is 0 Å². The summed E-state index contributed by atoms with van der Waals surface area (Å²) in [6.45, 7) is 2.84. The first-order valence-electron chi connectivity index (χ1n) is 4.24. The van der Waals surface area contributed by atoms with Crippen LogP contribution in [0.3, 0.4) is 0 Å². The van der Waals surface area contributed by atoms with Gasteiger partial charge in [0, 0.05) is 19.3 Å². The normalized spacial score (nSPS) is 11.4. The molecule has 0 bridgehead atoms. The van der Waals surface area contributed by atoms with Crippen LogP contribution in [0.2, 0.25) is 0 Å². The zero-order valence-corrected chi connectivity index (χ0v) is 8.95. The van der Waals surface area contributed by atoms with Crippen LogP contribution in [0, 0.1) is 0 Å². The van der Waals surface area contributed by atoms with Gasteiger partial charge >= 0.3 is 0 Å². The summed E-state index contributed by atoms with van der Waals surface area (Å²) in [5.74, 6) is 0. The van der Waals surface area contributed by atoms with Crippen molar-refractivity contribution in [2.24, 2.45) is 0 Å². The average molecular weight is 215 g/mol. The molecule has 0 heterocycles. The summed E-state index contributed by atoms with van der Waals surface area (Å²) >= 11 is 0. The Morgan fingerprint density at radius 1 is 1.29 bits per heavy atom. The molecule has 0 aliphatic rings. The first-order chi connectivity index (χ1) is 6.45. The van der Waals surface area contributed by atoms with Crippen LogP contribution in [0.25, 0.3) is 0 Å². The molecule has 0 unspecified atom stereocenters. The van der Waals surface area contributed by atoms with Gasteiger partial charge in [-0.05, 0) is 31.2 Å². The SMILES string of the molecule is CCN(C)c1ccc(S(=O)(=O)O)cc1. The molecule has 0 radical (unpaired) electrons. The van der Waals surface area contributed by atoms with Gasteiger partial charge < -0.3 is 4.90 Å². The van der Waals surface area contributed by atoms with Crippen molar-refractivity contribution < 1.29 is 13.0 Å². The van der Waals surface area contributed by atoms with Gasteiger partial charge in [0.25, 0.3) is 10.1 Å². The number of rotatable bonds is 3. The number of hydrogen-bond donors (Lipinski definition) is 1. The molecule has 0 atom stereocenters. The molecular formula is C9H13NO3S. The topological polar surface area (TPSA) is 57.6 Å². The molecule has 0 aliphatic carbocycles. The molecule has 0 spiro atoms. The van der Waals surface area contributed by atoms with Crippen molar-refractivity contribution in [3.05, 3.63) is 24.3 Å². The second-order valence-electron chi connectivity index (χ2n) is 2.98. The van der Waals surface area contributed by atoms with E-state index >= 15 is 0 Å². The summed E-state index contributed by atoms with van der Waals surface area (Å²) < 4.78 is 30.2. The van der Waals surface area contributed by atoms with Gasteiger partial charge in [0.05, 0.1) is 4.90 Å². The fourth-order valence-corrected chi connectivity index (χ4v) is 1.54. The lowest BCUT2D eigenvalue weighted by molar-refractivity contribution is 0.483. The lowest BCUT2D eigenvalue weighted by Crippen LogP contribution is -2.15. The minimum absolute atomic E-state index is 0.0780. The largest absolute Gasteiger partial charge is 0.375 e. The molecule has 0 saturated carbocycles. The monoisotopic (exact) mass is 215 g/mol. The molecule has 4 nitrogen and oxygen atoms in total. The fourth-order valence-electron chi connectivity index (χ4n) is 1.06. The second-order valence-corrected chi connectivity index (χ2v) is 4.40. The lowest BCUT2D eigenvalue weighted by atomic mass is 10.3. The van der Waals surface area contributed by atoms with Gasteiger partial charge in [0.2, 0.25) is 0 Å². The summed E-state index contributed by atoms with van der Waals surface area (Å²) in [5, 5.41) is 0. The highest BCUT2D eigenvalue weighted by Crippen LogP contribution is 2.16. The Morgan fingerprint density at radius 2 is 1.79 bits per heavy atom. The summed E-state index contributed by atoms with van der Waals surface area (Å²) in [6, 6.07) is 6.09. The third kappa shape index (κ3) is 2.46. The Morgan fingerprint density at radius 3 is 2.14 bits per heavy atom. The quantitative estimate of drug-likeness (QED) is 0.774. The molecule has 1 rings (SSSR count). The zero-order chi connectivity index (χ0) is 10.8. The Kier molecular flexibility index (Phi) is 3.13. The highest BCUT2D eigenvalue weighted by Gasteiger charge is 2.08. The van der Waals surface area contributed by atoms with Crippen molar-refractivity contribution in [2.75, 3.05) is 18.5 Å². The maximum Gasteiger partial charge on any atom is 0.294 e. The van der Waals surface area contributed by atoms with Gasteiger partial charge in [-0.15, -0.1) is 0 Å². The predicted octanol–water partition coefficient (Wildman–Crippen LogP) is 1.39. The van der Waals surface area contributed by atoms with Gasteiger partial charge in [-0.25, -0.2) is 0 Å². The van der Waals surface area contributed by atoms with Crippen molar-refractivity contribution >= 4 is 15.8 Å². The highest BCUT2D eigenvalue weighted by molar-refractivity contribution is 7.85. The second kappa shape index (κ2) is 3.98. The highest BCUT2D eigenvalue weighted by atomic mass is 32.2.